The maximum Gasteiger partial charge on any atom is 0.258 e. The highest BCUT2D eigenvalue weighted by molar-refractivity contribution is 6.04. The quantitative estimate of drug-likeness (QED) is 0.248. The number of hydrogen-bond acceptors (Lipinski definition) is 4. The summed E-state index contributed by atoms with van der Waals surface area (Å²) in [5.74, 6) is -0.598. The van der Waals surface area contributed by atoms with Crippen LogP contribution in [0, 0.1) is 5.82 Å². The molecular weight excluding hydrogens is 507 g/mol. The van der Waals surface area contributed by atoms with Crippen molar-refractivity contribution in [1.29, 1.82) is 0 Å². The second-order valence-corrected chi connectivity index (χ2v) is 10.4. The Kier molecular flexibility index (Phi) is 7.29. The number of halogens is 1. The number of aromatic nitrogens is 4. The van der Waals surface area contributed by atoms with E-state index >= 15 is 0 Å². The topological polar surface area (TPSA) is 98.8 Å². The smallest absolute Gasteiger partial charge is 0.258 e. The van der Waals surface area contributed by atoms with Crippen LogP contribution < -0.4 is 10.9 Å². The summed E-state index contributed by atoms with van der Waals surface area (Å²) in [6.07, 6.45) is 9.15. The molecule has 9 heteroatoms. The van der Waals surface area contributed by atoms with Crippen molar-refractivity contribution in [1.82, 2.24) is 24.6 Å². The highest BCUT2D eigenvalue weighted by atomic mass is 19.1. The monoisotopic (exact) mass is 538 g/mol. The van der Waals surface area contributed by atoms with Gasteiger partial charge >= 0.3 is 0 Å². The second kappa shape index (κ2) is 11.3. The van der Waals surface area contributed by atoms with Crippen molar-refractivity contribution in [2.75, 3.05) is 18.4 Å². The third-order valence-corrected chi connectivity index (χ3v) is 7.43. The van der Waals surface area contributed by atoms with E-state index in [4.69, 9.17) is 0 Å². The zero-order chi connectivity index (χ0) is 27.5. The first kappa shape index (κ1) is 25.8. The van der Waals surface area contributed by atoms with E-state index in [0.717, 1.165) is 36.1 Å². The van der Waals surface area contributed by atoms with Crippen molar-refractivity contribution in [2.45, 2.75) is 38.8 Å². The fourth-order valence-electron chi connectivity index (χ4n) is 5.26. The molecule has 1 saturated heterocycles. The van der Waals surface area contributed by atoms with Crippen molar-refractivity contribution in [3.8, 4) is 11.3 Å². The molecule has 2 aromatic carbocycles. The number of carbonyl (C=O) groups excluding carboxylic acids is 1. The van der Waals surface area contributed by atoms with Crippen molar-refractivity contribution >= 4 is 22.5 Å². The fraction of sp³-hybridized carbons (Fsp3) is 0.258. The van der Waals surface area contributed by atoms with Gasteiger partial charge in [0.15, 0.2) is 0 Å². The summed E-state index contributed by atoms with van der Waals surface area (Å²) in [7, 11) is 0. The molecule has 3 aromatic heterocycles. The van der Waals surface area contributed by atoms with Gasteiger partial charge in [-0.1, -0.05) is 24.6 Å². The Morgan fingerprint density at radius 2 is 1.80 bits per heavy atom. The summed E-state index contributed by atoms with van der Waals surface area (Å²) in [6.45, 7) is 3.77. The Morgan fingerprint density at radius 1 is 1.00 bits per heavy atom. The third-order valence-electron chi connectivity index (χ3n) is 7.43. The predicted molar refractivity (Wildman–Crippen MR) is 154 cm³/mol. The Bertz CT molecular complexity index is 1700. The lowest BCUT2D eigenvalue weighted by atomic mass is 10.1. The minimum Gasteiger partial charge on any atom is -0.354 e. The molecule has 1 aliphatic heterocycles. The average Bonchev–Trinajstić information content (AvgIpc) is 3.62. The van der Waals surface area contributed by atoms with Gasteiger partial charge in [-0.25, -0.2) is 4.39 Å². The normalized spacial score (nSPS) is 14.0. The fourth-order valence-corrected chi connectivity index (χ4v) is 5.26. The van der Waals surface area contributed by atoms with Crippen LogP contribution in [0.5, 0.6) is 0 Å². The number of pyridine rings is 1. The number of nitrogens with zero attached hydrogens (tertiary/aromatic N) is 3. The molecule has 204 valence electrons. The number of amides is 1. The Labute approximate surface area is 230 Å². The van der Waals surface area contributed by atoms with Crippen LogP contribution in [0.3, 0.4) is 0 Å². The maximum atomic E-state index is 13.1. The van der Waals surface area contributed by atoms with Crippen LogP contribution >= 0.6 is 0 Å². The molecule has 1 fully saturated rings. The van der Waals surface area contributed by atoms with Crippen LogP contribution in [-0.4, -0.2) is 43.6 Å². The molecule has 5 aromatic rings. The van der Waals surface area contributed by atoms with E-state index in [1.165, 1.54) is 49.4 Å². The lowest BCUT2D eigenvalue weighted by molar-refractivity contribution is 0.102. The van der Waals surface area contributed by atoms with E-state index in [-0.39, 0.29) is 17.3 Å². The number of likely N-dealkylation sites (tertiary alicyclic amines) is 1. The summed E-state index contributed by atoms with van der Waals surface area (Å²) < 4.78 is 14.8. The predicted octanol–water partition coefficient (Wildman–Crippen LogP) is 5.34. The molecule has 40 heavy (non-hydrogen) atoms. The van der Waals surface area contributed by atoms with Gasteiger partial charge in [0.25, 0.3) is 11.5 Å². The zero-order valence-corrected chi connectivity index (χ0v) is 22.1. The number of aromatic amines is 2. The van der Waals surface area contributed by atoms with Crippen LogP contribution in [0.2, 0.25) is 0 Å². The second-order valence-electron chi connectivity index (χ2n) is 10.4. The first-order chi connectivity index (χ1) is 19.5. The van der Waals surface area contributed by atoms with Crippen LogP contribution in [0.1, 0.15) is 40.7 Å². The van der Waals surface area contributed by atoms with E-state index < -0.39 is 0 Å². The molecule has 0 aliphatic carbocycles. The number of anilines is 1. The van der Waals surface area contributed by atoms with E-state index in [9.17, 15) is 14.0 Å². The number of H-pyrrole nitrogens is 2. The molecule has 1 amide bonds. The highest BCUT2D eigenvalue weighted by Crippen LogP contribution is 2.25. The van der Waals surface area contributed by atoms with Crippen molar-refractivity contribution in [3.63, 3.8) is 0 Å². The zero-order valence-electron chi connectivity index (χ0n) is 22.1. The van der Waals surface area contributed by atoms with Gasteiger partial charge in [0, 0.05) is 36.4 Å². The van der Waals surface area contributed by atoms with Gasteiger partial charge in [0.1, 0.15) is 5.82 Å². The van der Waals surface area contributed by atoms with Gasteiger partial charge in [-0.05, 0) is 79.9 Å². The average molecular weight is 539 g/mol. The number of nitrogens with one attached hydrogen (secondary N) is 3. The molecule has 0 atom stereocenters. The minimum atomic E-state index is -0.329. The first-order valence-electron chi connectivity index (χ1n) is 13.7. The summed E-state index contributed by atoms with van der Waals surface area (Å²) in [6, 6.07) is 16.4. The number of carbonyl (C=O) groups is 1. The van der Waals surface area contributed by atoms with Crippen molar-refractivity contribution < 1.29 is 9.18 Å². The Morgan fingerprint density at radius 3 is 2.62 bits per heavy atom. The molecule has 0 unspecified atom stereocenters. The molecule has 6 rings (SSSR count). The number of aryl methyl sites for hydroxylation is 2. The highest BCUT2D eigenvalue weighted by Gasteiger charge is 2.14. The lowest BCUT2D eigenvalue weighted by Crippen LogP contribution is -2.28. The Balaban J connectivity index is 1.14. The number of rotatable bonds is 8. The van der Waals surface area contributed by atoms with Crippen molar-refractivity contribution in [2.24, 2.45) is 0 Å². The maximum absolute atomic E-state index is 13.1. The van der Waals surface area contributed by atoms with Crippen LogP contribution in [-0.2, 0) is 19.5 Å². The van der Waals surface area contributed by atoms with E-state index in [0.29, 0.717) is 35.5 Å². The summed E-state index contributed by atoms with van der Waals surface area (Å²) in [4.78, 5) is 34.2. The van der Waals surface area contributed by atoms with Gasteiger partial charge in [0.05, 0.1) is 28.7 Å². The number of benzene rings is 2. The molecular formula is C31H31FN6O2. The molecule has 0 bridgehead atoms. The van der Waals surface area contributed by atoms with Gasteiger partial charge in [-0.2, -0.15) is 5.10 Å². The third kappa shape index (κ3) is 5.89. The van der Waals surface area contributed by atoms with Gasteiger partial charge < -0.3 is 15.3 Å². The summed E-state index contributed by atoms with van der Waals surface area (Å²) in [5, 5.41) is 8.18. The van der Waals surface area contributed by atoms with Gasteiger partial charge in [-0.3, -0.25) is 19.2 Å². The van der Waals surface area contributed by atoms with Gasteiger partial charge in [-0.15, -0.1) is 0 Å². The van der Waals surface area contributed by atoms with Crippen LogP contribution in [0.4, 0.5) is 10.1 Å². The summed E-state index contributed by atoms with van der Waals surface area (Å²) in [5.41, 5.74) is 4.97. The SMILES string of the molecule is O=C(Nc1c[nH]c(=O)c(-c2cc3cc(CN4CCCCC4)ccc3[nH]2)c1)c1cnn(CCc2ccc(F)cc2)c1. The molecule has 1 aliphatic rings. The van der Waals surface area contributed by atoms with Gasteiger partial charge in [0.2, 0.25) is 0 Å². The molecule has 3 N–H and O–H groups in total. The van der Waals surface area contributed by atoms with E-state index in [1.54, 1.807) is 29.1 Å². The van der Waals surface area contributed by atoms with E-state index in [1.807, 2.05) is 6.07 Å². The molecule has 0 radical (unpaired) electrons. The molecule has 4 heterocycles. The largest absolute Gasteiger partial charge is 0.354 e. The summed E-state index contributed by atoms with van der Waals surface area (Å²) >= 11 is 0. The molecule has 8 nitrogen and oxygen atoms in total. The number of piperidine rings is 1. The number of fused-ring (bicyclic) bond motifs is 1. The lowest BCUT2D eigenvalue weighted by Gasteiger charge is -2.26. The molecule has 0 spiro atoms. The Hall–Kier alpha value is -4.50. The first-order valence-corrected chi connectivity index (χ1v) is 13.7. The van der Waals surface area contributed by atoms with E-state index in [2.05, 4.69) is 43.5 Å². The van der Waals surface area contributed by atoms with Crippen LogP contribution in [0.25, 0.3) is 22.2 Å². The standard InChI is InChI=1S/C31H31FN6O2/c32-25-7-4-21(5-8-25)10-13-38-20-24(17-34-38)30(39)35-26-16-27(31(40)33-18-26)29-15-23-14-22(6-9-28(23)36-29)19-37-11-2-1-3-12-37/h4-9,14-18,20,36H,1-3,10-13,19H2,(H,33,40)(H,35,39). The number of hydrogen-bond donors (Lipinski definition) is 3. The van der Waals surface area contributed by atoms with Crippen LogP contribution in [0.15, 0.2) is 78.0 Å². The molecule has 0 saturated carbocycles. The van der Waals surface area contributed by atoms with Crippen molar-refractivity contribution in [3.05, 3.63) is 106 Å². The minimum absolute atomic E-state index is 0.244.